The van der Waals surface area contributed by atoms with Crippen LogP contribution in [0.1, 0.15) is 5.76 Å². The van der Waals surface area contributed by atoms with E-state index in [4.69, 9.17) is 27.6 Å². The van der Waals surface area contributed by atoms with Crippen molar-refractivity contribution < 1.29 is 4.42 Å². The minimum Gasteiger partial charge on any atom is -0.457 e. The van der Waals surface area contributed by atoms with Crippen LogP contribution in [0.15, 0.2) is 45.9 Å². The normalized spacial score (nSPS) is 12.3. The smallest absolute Gasteiger partial charge is 0.291 e. The number of hydrogen-bond acceptors (Lipinski definition) is 5. The molecule has 0 fully saturated rings. The van der Waals surface area contributed by atoms with Crippen molar-refractivity contribution in [2.45, 2.75) is 0 Å². The minimum atomic E-state index is -0.213. The third-order valence-electron chi connectivity index (χ3n) is 3.23. The van der Waals surface area contributed by atoms with Crippen LogP contribution in [-0.4, -0.2) is 14.6 Å². The number of rotatable bonds is 2. The first-order valence-corrected chi connectivity index (χ1v) is 8.08. The van der Waals surface area contributed by atoms with Crippen molar-refractivity contribution in [3.63, 3.8) is 0 Å². The molecule has 5 nitrogen and oxygen atoms in total. The Labute approximate surface area is 143 Å². The molecule has 23 heavy (non-hydrogen) atoms. The fourth-order valence-electron chi connectivity index (χ4n) is 2.14. The summed E-state index contributed by atoms with van der Waals surface area (Å²) in [6.45, 7) is 0. The second-order valence-corrected chi connectivity index (χ2v) is 6.52. The van der Waals surface area contributed by atoms with E-state index in [2.05, 4.69) is 10.1 Å². The summed E-state index contributed by atoms with van der Waals surface area (Å²) in [4.78, 5) is 16.7. The van der Waals surface area contributed by atoms with Crippen molar-refractivity contribution in [1.29, 1.82) is 0 Å². The average molecular weight is 364 g/mol. The van der Waals surface area contributed by atoms with E-state index in [0.29, 0.717) is 31.1 Å². The summed E-state index contributed by atoms with van der Waals surface area (Å²) in [5.74, 6) is 1.20. The number of nitrogens with zero attached hydrogens (tertiary/aromatic N) is 3. The Balaban J connectivity index is 1.77. The number of aromatic nitrogens is 3. The Bertz CT molecular complexity index is 1130. The zero-order valence-corrected chi connectivity index (χ0v) is 13.7. The Morgan fingerprint density at radius 3 is 2.83 bits per heavy atom. The lowest BCUT2D eigenvalue weighted by Gasteiger charge is -1.99. The van der Waals surface area contributed by atoms with E-state index in [0.717, 1.165) is 5.56 Å². The summed E-state index contributed by atoms with van der Waals surface area (Å²) in [6, 6.07) is 8.86. The minimum absolute atomic E-state index is 0.213. The van der Waals surface area contributed by atoms with Crippen LogP contribution in [0, 0.1) is 0 Å². The lowest BCUT2D eigenvalue weighted by molar-refractivity contribution is 0.571. The molecule has 0 aliphatic heterocycles. The highest BCUT2D eigenvalue weighted by Crippen LogP contribution is 2.29. The fraction of sp³-hybridized carbons (Fsp3) is 0. The molecule has 4 rings (SSSR count). The molecule has 0 aliphatic rings. The Hall–Kier alpha value is -2.15. The molecular weight excluding hydrogens is 357 g/mol. The summed E-state index contributed by atoms with van der Waals surface area (Å²) < 4.78 is 7.53. The maximum absolute atomic E-state index is 12.1. The average Bonchev–Trinajstić information content (AvgIpc) is 3.23. The van der Waals surface area contributed by atoms with Crippen LogP contribution in [0.4, 0.5) is 0 Å². The van der Waals surface area contributed by atoms with Gasteiger partial charge >= 0.3 is 0 Å². The quantitative estimate of drug-likeness (QED) is 0.548. The third kappa shape index (κ3) is 2.55. The molecule has 0 saturated heterocycles. The summed E-state index contributed by atoms with van der Waals surface area (Å²) in [5, 5.41) is 4.82. The molecule has 0 saturated carbocycles. The largest absolute Gasteiger partial charge is 0.457 e. The van der Waals surface area contributed by atoms with E-state index in [1.807, 2.05) is 12.1 Å². The predicted molar refractivity (Wildman–Crippen MR) is 90.1 cm³/mol. The van der Waals surface area contributed by atoms with Crippen LogP contribution in [0.3, 0.4) is 0 Å². The fourth-order valence-corrected chi connectivity index (χ4v) is 3.30. The molecule has 8 heteroatoms. The van der Waals surface area contributed by atoms with Gasteiger partial charge in [0.05, 0.1) is 10.0 Å². The second kappa shape index (κ2) is 5.49. The molecule has 3 heterocycles. The first kappa shape index (κ1) is 14.4. The number of furan rings is 1. The van der Waals surface area contributed by atoms with Gasteiger partial charge in [-0.3, -0.25) is 4.79 Å². The number of halogens is 2. The van der Waals surface area contributed by atoms with Gasteiger partial charge in [0.1, 0.15) is 22.4 Å². The van der Waals surface area contributed by atoms with Crippen LogP contribution in [0.2, 0.25) is 10.0 Å². The highest BCUT2D eigenvalue weighted by molar-refractivity contribution is 7.15. The van der Waals surface area contributed by atoms with Crippen molar-refractivity contribution in [2.24, 2.45) is 0 Å². The van der Waals surface area contributed by atoms with Gasteiger partial charge < -0.3 is 4.42 Å². The lowest BCUT2D eigenvalue weighted by atomic mass is 10.2. The lowest BCUT2D eigenvalue weighted by Crippen LogP contribution is -2.23. The molecule has 0 amide bonds. The SMILES string of the molecule is O=c1/c(=C/c2ccc(-c3ccc(Cl)c(Cl)c3)o2)sc2ncnn12. The van der Waals surface area contributed by atoms with Crippen molar-refractivity contribution in [1.82, 2.24) is 14.6 Å². The van der Waals surface area contributed by atoms with E-state index >= 15 is 0 Å². The Morgan fingerprint density at radius 2 is 2.04 bits per heavy atom. The second-order valence-electron chi connectivity index (χ2n) is 4.70. The highest BCUT2D eigenvalue weighted by atomic mass is 35.5. The molecule has 0 aliphatic carbocycles. The van der Waals surface area contributed by atoms with Gasteiger partial charge in [-0.25, -0.2) is 4.98 Å². The standard InChI is InChI=1S/C15H7Cl2N3O2S/c16-10-3-1-8(5-11(10)17)12-4-2-9(22-12)6-13-14(21)20-15(23-13)18-7-19-20/h1-7H/b13-6-. The van der Waals surface area contributed by atoms with Crippen molar-refractivity contribution in [3.8, 4) is 11.3 Å². The predicted octanol–water partition coefficient (Wildman–Crippen LogP) is 3.27. The molecule has 3 aromatic heterocycles. The Morgan fingerprint density at radius 1 is 1.17 bits per heavy atom. The number of thiazole rings is 1. The molecular formula is C15H7Cl2N3O2S. The first-order valence-electron chi connectivity index (χ1n) is 6.51. The van der Waals surface area contributed by atoms with Gasteiger partial charge in [0.2, 0.25) is 4.96 Å². The zero-order chi connectivity index (χ0) is 16.0. The summed E-state index contributed by atoms with van der Waals surface area (Å²) in [6.07, 6.45) is 3.02. The molecule has 1 aromatic carbocycles. The highest BCUT2D eigenvalue weighted by Gasteiger charge is 2.08. The van der Waals surface area contributed by atoms with Crippen LogP contribution >= 0.6 is 34.5 Å². The Kier molecular flexibility index (Phi) is 3.45. The van der Waals surface area contributed by atoms with Crippen molar-refractivity contribution >= 4 is 45.6 Å². The number of benzene rings is 1. The van der Waals surface area contributed by atoms with E-state index in [-0.39, 0.29) is 5.56 Å². The molecule has 114 valence electrons. The van der Waals surface area contributed by atoms with Crippen LogP contribution in [0.5, 0.6) is 0 Å². The van der Waals surface area contributed by atoms with E-state index < -0.39 is 0 Å². The van der Waals surface area contributed by atoms with Gasteiger partial charge in [-0.15, -0.1) is 0 Å². The molecule has 0 bridgehead atoms. The van der Waals surface area contributed by atoms with Gasteiger partial charge in [-0.2, -0.15) is 9.61 Å². The summed E-state index contributed by atoms with van der Waals surface area (Å²) >= 11 is 13.2. The van der Waals surface area contributed by atoms with Gasteiger partial charge in [0.15, 0.2) is 0 Å². The van der Waals surface area contributed by atoms with Crippen molar-refractivity contribution in [3.05, 3.63) is 67.4 Å². The molecule has 0 N–H and O–H groups in total. The van der Waals surface area contributed by atoms with Crippen molar-refractivity contribution in [2.75, 3.05) is 0 Å². The maximum Gasteiger partial charge on any atom is 0.291 e. The molecule has 0 radical (unpaired) electrons. The summed E-state index contributed by atoms with van der Waals surface area (Å²) in [7, 11) is 0. The number of fused-ring (bicyclic) bond motifs is 1. The molecule has 0 unspecified atom stereocenters. The zero-order valence-electron chi connectivity index (χ0n) is 11.4. The van der Waals surface area contributed by atoms with Crippen LogP contribution in [-0.2, 0) is 0 Å². The van der Waals surface area contributed by atoms with E-state index in [1.54, 1.807) is 24.3 Å². The summed E-state index contributed by atoms with van der Waals surface area (Å²) in [5.41, 5.74) is 0.596. The monoisotopic (exact) mass is 363 g/mol. The van der Waals surface area contributed by atoms with Gasteiger partial charge in [-0.05, 0) is 30.3 Å². The van der Waals surface area contributed by atoms with Gasteiger partial charge in [0, 0.05) is 11.6 Å². The first-order chi connectivity index (χ1) is 11.1. The van der Waals surface area contributed by atoms with Gasteiger partial charge in [-0.1, -0.05) is 34.5 Å². The van der Waals surface area contributed by atoms with Crippen LogP contribution in [0.25, 0.3) is 22.4 Å². The molecule has 0 spiro atoms. The van der Waals surface area contributed by atoms with Crippen LogP contribution < -0.4 is 10.1 Å². The number of hydrogen-bond donors (Lipinski definition) is 0. The topological polar surface area (TPSA) is 60.4 Å². The maximum atomic E-state index is 12.1. The molecule has 0 atom stereocenters. The van der Waals surface area contributed by atoms with E-state index in [9.17, 15) is 4.79 Å². The third-order valence-corrected chi connectivity index (χ3v) is 4.94. The van der Waals surface area contributed by atoms with E-state index in [1.165, 1.54) is 22.2 Å². The molecule has 4 aromatic rings. The van der Waals surface area contributed by atoms with Gasteiger partial charge in [0.25, 0.3) is 5.56 Å².